The zero-order valence-electron chi connectivity index (χ0n) is 14.4. The first kappa shape index (κ1) is 19.2. The zero-order chi connectivity index (χ0) is 18.4. The van der Waals surface area contributed by atoms with Crippen molar-refractivity contribution >= 4 is 45.9 Å². The molecule has 1 amide bonds. The standard InChI is InChI=1S/C19H20ClNO3S/c1-4-14-12(3)25-18(17(14)19(23)24-5-2)21-16(22)11-10-13-8-6-7-9-15(13)20/h6-11H,4-5H2,1-3H3,(H,21,22). The average molecular weight is 378 g/mol. The maximum absolute atomic E-state index is 12.3. The molecule has 0 spiro atoms. The highest BCUT2D eigenvalue weighted by Gasteiger charge is 2.22. The Labute approximate surface area is 156 Å². The van der Waals surface area contributed by atoms with E-state index in [4.69, 9.17) is 16.3 Å². The lowest BCUT2D eigenvalue weighted by Crippen LogP contribution is -2.13. The third-order valence-electron chi connectivity index (χ3n) is 3.60. The van der Waals surface area contributed by atoms with Crippen LogP contribution >= 0.6 is 22.9 Å². The van der Waals surface area contributed by atoms with Crippen LogP contribution < -0.4 is 5.32 Å². The van der Waals surface area contributed by atoms with Crippen molar-refractivity contribution in [3.05, 3.63) is 56.9 Å². The highest BCUT2D eigenvalue weighted by molar-refractivity contribution is 7.16. The Morgan fingerprint density at radius 2 is 2.00 bits per heavy atom. The molecule has 0 aliphatic rings. The van der Waals surface area contributed by atoms with Crippen molar-refractivity contribution in [2.45, 2.75) is 27.2 Å². The second-order valence-corrected chi connectivity index (χ2v) is 6.89. The predicted molar refractivity (Wildman–Crippen MR) is 104 cm³/mol. The Bertz CT molecular complexity index is 811. The molecule has 1 N–H and O–H groups in total. The molecule has 4 nitrogen and oxygen atoms in total. The molecule has 0 saturated heterocycles. The van der Waals surface area contributed by atoms with E-state index in [1.807, 2.05) is 32.0 Å². The number of benzene rings is 1. The molecule has 1 heterocycles. The summed E-state index contributed by atoms with van der Waals surface area (Å²) in [4.78, 5) is 25.5. The molecular formula is C19H20ClNO3S. The minimum absolute atomic E-state index is 0.288. The van der Waals surface area contributed by atoms with Gasteiger partial charge >= 0.3 is 5.97 Å². The van der Waals surface area contributed by atoms with E-state index in [-0.39, 0.29) is 12.5 Å². The van der Waals surface area contributed by atoms with Gasteiger partial charge in [-0.25, -0.2) is 4.79 Å². The van der Waals surface area contributed by atoms with Crippen LogP contribution in [0.2, 0.25) is 5.02 Å². The van der Waals surface area contributed by atoms with Gasteiger partial charge in [-0.05, 0) is 43.5 Å². The van der Waals surface area contributed by atoms with E-state index in [9.17, 15) is 9.59 Å². The van der Waals surface area contributed by atoms with Gasteiger partial charge in [-0.3, -0.25) is 4.79 Å². The maximum Gasteiger partial charge on any atom is 0.341 e. The number of aryl methyl sites for hydroxylation is 1. The van der Waals surface area contributed by atoms with Gasteiger partial charge in [0, 0.05) is 16.0 Å². The van der Waals surface area contributed by atoms with Gasteiger partial charge in [0.1, 0.15) is 5.00 Å². The van der Waals surface area contributed by atoms with Gasteiger partial charge in [0.15, 0.2) is 0 Å². The van der Waals surface area contributed by atoms with E-state index in [0.717, 1.165) is 16.0 Å². The number of esters is 1. The van der Waals surface area contributed by atoms with Crippen molar-refractivity contribution in [3.8, 4) is 0 Å². The molecule has 0 bridgehead atoms. The minimum atomic E-state index is -0.408. The molecule has 25 heavy (non-hydrogen) atoms. The SMILES string of the molecule is CCOC(=O)c1c(NC(=O)C=Cc2ccccc2Cl)sc(C)c1CC. The lowest BCUT2D eigenvalue weighted by Gasteiger charge is -2.06. The molecule has 0 atom stereocenters. The number of thiophene rings is 1. The zero-order valence-corrected chi connectivity index (χ0v) is 16.0. The fraction of sp³-hybridized carbons (Fsp3) is 0.263. The van der Waals surface area contributed by atoms with Crippen LogP contribution in [0.4, 0.5) is 5.00 Å². The van der Waals surface area contributed by atoms with Crippen molar-refractivity contribution < 1.29 is 14.3 Å². The Balaban J connectivity index is 2.23. The Hall–Kier alpha value is -2.11. The quantitative estimate of drug-likeness (QED) is 0.562. The van der Waals surface area contributed by atoms with E-state index < -0.39 is 5.97 Å². The van der Waals surface area contributed by atoms with Crippen LogP contribution in [0.5, 0.6) is 0 Å². The van der Waals surface area contributed by atoms with Crippen LogP contribution in [0, 0.1) is 6.92 Å². The number of halogens is 1. The monoisotopic (exact) mass is 377 g/mol. The van der Waals surface area contributed by atoms with Crippen molar-refractivity contribution in [3.63, 3.8) is 0 Å². The molecule has 0 saturated carbocycles. The Kier molecular flexibility index (Phi) is 6.79. The lowest BCUT2D eigenvalue weighted by molar-refractivity contribution is -0.111. The van der Waals surface area contributed by atoms with Gasteiger partial charge in [-0.1, -0.05) is 36.7 Å². The summed E-state index contributed by atoms with van der Waals surface area (Å²) in [5.74, 6) is -0.733. The number of amides is 1. The maximum atomic E-state index is 12.3. The molecule has 0 unspecified atom stereocenters. The molecule has 6 heteroatoms. The minimum Gasteiger partial charge on any atom is -0.462 e. The summed E-state index contributed by atoms with van der Waals surface area (Å²) in [7, 11) is 0. The number of hydrogen-bond acceptors (Lipinski definition) is 4. The van der Waals surface area contributed by atoms with Crippen LogP contribution in [0.3, 0.4) is 0 Å². The second-order valence-electron chi connectivity index (χ2n) is 5.26. The van der Waals surface area contributed by atoms with Crippen molar-refractivity contribution in [2.75, 3.05) is 11.9 Å². The first-order valence-electron chi connectivity index (χ1n) is 8.00. The van der Waals surface area contributed by atoms with Gasteiger partial charge < -0.3 is 10.1 Å². The van der Waals surface area contributed by atoms with E-state index in [2.05, 4.69) is 5.32 Å². The first-order chi connectivity index (χ1) is 12.0. The van der Waals surface area contributed by atoms with Crippen molar-refractivity contribution in [2.24, 2.45) is 0 Å². The van der Waals surface area contributed by atoms with Crippen molar-refractivity contribution in [1.29, 1.82) is 0 Å². The molecular weight excluding hydrogens is 358 g/mol. The predicted octanol–water partition coefficient (Wildman–Crippen LogP) is 5.10. The van der Waals surface area contributed by atoms with E-state index in [1.165, 1.54) is 17.4 Å². The van der Waals surface area contributed by atoms with E-state index in [0.29, 0.717) is 22.0 Å². The molecule has 0 aliphatic heterocycles. The number of hydrogen-bond donors (Lipinski definition) is 1. The Morgan fingerprint density at radius 1 is 1.28 bits per heavy atom. The summed E-state index contributed by atoms with van der Waals surface area (Å²) in [5, 5.41) is 3.87. The second kappa shape index (κ2) is 8.83. The Morgan fingerprint density at radius 3 is 2.64 bits per heavy atom. The molecule has 2 rings (SSSR count). The van der Waals surface area contributed by atoms with Gasteiger partial charge in [-0.15, -0.1) is 11.3 Å². The summed E-state index contributed by atoms with van der Waals surface area (Å²) in [6.45, 7) is 5.95. The fourth-order valence-corrected chi connectivity index (χ4v) is 3.78. The number of carbonyl (C=O) groups excluding carboxylic acids is 2. The summed E-state index contributed by atoms with van der Waals surface area (Å²) in [5.41, 5.74) is 2.11. The molecule has 2 aromatic rings. The summed E-state index contributed by atoms with van der Waals surface area (Å²) < 4.78 is 5.13. The highest BCUT2D eigenvalue weighted by atomic mass is 35.5. The number of anilines is 1. The summed E-state index contributed by atoms with van der Waals surface area (Å²) in [6, 6.07) is 7.25. The van der Waals surface area contributed by atoms with Gasteiger partial charge in [-0.2, -0.15) is 0 Å². The molecule has 0 aliphatic carbocycles. The number of ether oxygens (including phenoxy) is 1. The molecule has 132 valence electrons. The van der Waals surface area contributed by atoms with E-state index >= 15 is 0 Å². The summed E-state index contributed by atoms with van der Waals surface area (Å²) in [6.07, 6.45) is 3.74. The molecule has 1 aromatic heterocycles. The van der Waals surface area contributed by atoms with Crippen molar-refractivity contribution in [1.82, 2.24) is 0 Å². The molecule has 1 aromatic carbocycles. The largest absolute Gasteiger partial charge is 0.462 e. The molecule has 0 fully saturated rings. The van der Waals surface area contributed by atoms with Crippen LogP contribution in [0.15, 0.2) is 30.3 Å². The average Bonchev–Trinajstić information content (AvgIpc) is 2.89. The van der Waals surface area contributed by atoms with Gasteiger partial charge in [0.2, 0.25) is 5.91 Å². The number of nitrogens with one attached hydrogen (secondary N) is 1. The summed E-state index contributed by atoms with van der Waals surface area (Å²) >= 11 is 7.45. The third-order valence-corrected chi connectivity index (χ3v) is 5.01. The lowest BCUT2D eigenvalue weighted by atomic mass is 10.1. The normalized spacial score (nSPS) is 10.9. The molecule has 0 radical (unpaired) electrons. The van der Waals surface area contributed by atoms with E-state index in [1.54, 1.807) is 19.1 Å². The number of carbonyl (C=O) groups is 2. The first-order valence-corrected chi connectivity index (χ1v) is 9.20. The van der Waals surface area contributed by atoms with Crippen LogP contribution in [-0.2, 0) is 16.0 Å². The van der Waals surface area contributed by atoms with Gasteiger partial charge in [0.05, 0.1) is 12.2 Å². The van der Waals surface area contributed by atoms with Crippen LogP contribution in [0.25, 0.3) is 6.08 Å². The topological polar surface area (TPSA) is 55.4 Å². The highest BCUT2D eigenvalue weighted by Crippen LogP contribution is 2.34. The third kappa shape index (κ3) is 4.71. The number of rotatable bonds is 6. The van der Waals surface area contributed by atoms with Crippen LogP contribution in [-0.4, -0.2) is 18.5 Å². The fourth-order valence-electron chi connectivity index (χ4n) is 2.44. The van der Waals surface area contributed by atoms with Crippen LogP contribution in [0.1, 0.15) is 40.2 Å². The van der Waals surface area contributed by atoms with Gasteiger partial charge in [0.25, 0.3) is 0 Å². The smallest absolute Gasteiger partial charge is 0.341 e.